The van der Waals surface area contributed by atoms with Gasteiger partial charge in [0.05, 0.1) is 0 Å². The molecule has 58 valence electrons. The van der Waals surface area contributed by atoms with Crippen LogP contribution >= 0.6 is 0 Å². The molecule has 0 N–H and O–H groups in total. The zero-order valence-corrected chi connectivity index (χ0v) is 6.38. The molecule has 1 heteroatoms. The Labute approximate surface area is 63.1 Å². The van der Waals surface area contributed by atoms with Gasteiger partial charge in [-0.15, -0.1) is 19.8 Å². The average molecular weight is 139 g/mol. The van der Waals surface area contributed by atoms with Gasteiger partial charge in [-0.05, 0) is 12.3 Å². The summed E-state index contributed by atoms with van der Waals surface area (Å²) >= 11 is 0. The van der Waals surface area contributed by atoms with Gasteiger partial charge < -0.3 is 5.11 Å². The summed E-state index contributed by atoms with van der Waals surface area (Å²) in [6.07, 6.45) is 6.54. The minimum absolute atomic E-state index is 0.0427. The third-order valence-electron chi connectivity index (χ3n) is 1.54. The molecule has 0 fully saturated rings. The van der Waals surface area contributed by atoms with Crippen molar-refractivity contribution in [1.82, 2.24) is 0 Å². The number of unbranched alkanes of at least 4 members (excludes halogenated alkanes) is 1. The van der Waals surface area contributed by atoms with E-state index in [-0.39, 0.29) is 6.61 Å². The Kier molecular flexibility index (Phi) is 6.19. The van der Waals surface area contributed by atoms with Crippen LogP contribution in [-0.4, -0.2) is 6.61 Å². The molecule has 0 heterocycles. The molecule has 0 rings (SSSR count). The molecule has 0 radical (unpaired) electrons. The Morgan fingerprint density at radius 3 is 2.20 bits per heavy atom. The lowest BCUT2D eigenvalue weighted by molar-refractivity contribution is -0.368. The number of rotatable bonds is 6. The van der Waals surface area contributed by atoms with E-state index >= 15 is 0 Å². The molecule has 0 atom stereocenters. The first-order valence-corrected chi connectivity index (χ1v) is 3.68. The van der Waals surface area contributed by atoms with Crippen molar-refractivity contribution in [1.29, 1.82) is 0 Å². The van der Waals surface area contributed by atoms with Crippen molar-refractivity contribution in [3.63, 3.8) is 0 Å². The van der Waals surface area contributed by atoms with Gasteiger partial charge in [0, 0.05) is 0 Å². The topological polar surface area (TPSA) is 23.1 Å². The van der Waals surface area contributed by atoms with Crippen LogP contribution in [0.25, 0.3) is 0 Å². The van der Waals surface area contributed by atoms with Gasteiger partial charge in [0.25, 0.3) is 0 Å². The van der Waals surface area contributed by atoms with E-state index in [9.17, 15) is 5.11 Å². The average Bonchev–Trinajstić information content (AvgIpc) is 1.99. The van der Waals surface area contributed by atoms with E-state index in [1.807, 2.05) is 12.2 Å². The van der Waals surface area contributed by atoms with Crippen molar-refractivity contribution >= 4 is 0 Å². The molecular formula is C9H15O-. The Bertz CT molecular complexity index is 88.9. The summed E-state index contributed by atoms with van der Waals surface area (Å²) in [5.41, 5.74) is 0. The van der Waals surface area contributed by atoms with E-state index in [0.717, 1.165) is 19.3 Å². The molecule has 0 aliphatic heterocycles. The van der Waals surface area contributed by atoms with E-state index in [2.05, 4.69) is 13.2 Å². The van der Waals surface area contributed by atoms with Gasteiger partial charge in [-0.2, -0.15) is 0 Å². The fourth-order valence-corrected chi connectivity index (χ4v) is 0.814. The summed E-state index contributed by atoms with van der Waals surface area (Å²) < 4.78 is 0. The van der Waals surface area contributed by atoms with Gasteiger partial charge in [-0.25, -0.2) is 0 Å². The van der Waals surface area contributed by atoms with Crippen molar-refractivity contribution in [2.75, 3.05) is 6.61 Å². The molecular weight excluding hydrogens is 124 g/mol. The lowest BCUT2D eigenvalue weighted by atomic mass is 10.0. The minimum Gasteiger partial charge on any atom is -0.854 e. The van der Waals surface area contributed by atoms with Gasteiger partial charge in [-0.1, -0.05) is 25.0 Å². The van der Waals surface area contributed by atoms with Crippen LogP contribution in [0.2, 0.25) is 0 Å². The van der Waals surface area contributed by atoms with Crippen LogP contribution in [0.5, 0.6) is 0 Å². The zero-order valence-electron chi connectivity index (χ0n) is 6.38. The smallest absolute Gasteiger partial charge is 0.00589 e. The van der Waals surface area contributed by atoms with Crippen molar-refractivity contribution in [3.8, 4) is 0 Å². The van der Waals surface area contributed by atoms with Crippen LogP contribution in [-0.2, 0) is 0 Å². The van der Waals surface area contributed by atoms with Crippen LogP contribution in [0.4, 0.5) is 0 Å². The van der Waals surface area contributed by atoms with E-state index in [4.69, 9.17) is 0 Å². The fraction of sp³-hybridized carbons (Fsp3) is 0.556. The Morgan fingerprint density at radius 1 is 1.20 bits per heavy atom. The summed E-state index contributed by atoms with van der Waals surface area (Å²) in [6.45, 7) is 7.37. The molecule has 0 aliphatic carbocycles. The molecule has 0 spiro atoms. The number of hydrogen-bond donors (Lipinski definition) is 0. The largest absolute Gasteiger partial charge is 0.854 e. The Hall–Kier alpha value is -0.560. The third-order valence-corrected chi connectivity index (χ3v) is 1.54. The standard InChI is InChI=1S/C9H15O/c1-3-9(4-2)7-5-6-8-10/h3-4,9H,1-2,5-8H2/q-1. The lowest BCUT2D eigenvalue weighted by Crippen LogP contribution is -2.05. The second-order valence-electron chi connectivity index (χ2n) is 2.34. The molecule has 0 bridgehead atoms. The fourth-order valence-electron chi connectivity index (χ4n) is 0.814. The summed E-state index contributed by atoms with van der Waals surface area (Å²) in [4.78, 5) is 0. The van der Waals surface area contributed by atoms with Crippen LogP contribution in [0.15, 0.2) is 25.3 Å². The highest BCUT2D eigenvalue weighted by molar-refractivity contribution is 4.91. The Balaban J connectivity index is 3.25. The molecule has 10 heavy (non-hydrogen) atoms. The normalized spacial score (nSPS) is 9.80. The second kappa shape index (κ2) is 6.56. The number of hydrogen-bond acceptors (Lipinski definition) is 1. The molecule has 0 unspecified atom stereocenters. The highest BCUT2D eigenvalue weighted by atomic mass is 16.2. The van der Waals surface area contributed by atoms with Gasteiger partial charge in [0.1, 0.15) is 0 Å². The molecule has 0 saturated carbocycles. The maximum Gasteiger partial charge on any atom is -0.00589 e. The molecule has 0 saturated heterocycles. The van der Waals surface area contributed by atoms with Gasteiger partial charge >= 0.3 is 0 Å². The first kappa shape index (κ1) is 9.44. The van der Waals surface area contributed by atoms with E-state index in [1.54, 1.807) is 0 Å². The van der Waals surface area contributed by atoms with Gasteiger partial charge in [0.2, 0.25) is 0 Å². The predicted octanol–water partition coefficient (Wildman–Crippen LogP) is 1.51. The summed E-state index contributed by atoms with van der Waals surface area (Å²) in [5.74, 6) is 0.395. The van der Waals surface area contributed by atoms with Crippen molar-refractivity contribution < 1.29 is 5.11 Å². The van der Waals surface area contributed by atoms with E-state index < -0.39 is 0 Å². The zero-order chi connectivity index (χ0) is 7.82. The molecule has 0 amide bonds. The maximum absolute atomic E-state index is 10.0. The molecule has 0 aromatic rings. The highest BCUT2D eigenvalue weighted by Gasteiger charge is 1.95. The van der Waals surface area contributed by atoms with Crippen molar-refractivity contribution in [3.05, 3.63) is 25.3 Å². The highest BCUT2D eigenvalue weighted by Crippen LogP contribution is 2.09. The maximum atomic E-state index is 10.0. The predicted molar refractivity (Wildman–Crippen MR) is 42.6 cm³/mol. The summed E-state index contributed by atoms with van der Waals surface area (Å²) in [7, 11) is 0. The molecule has 0 aromatic heterocycles. The van der Waals surface area contributed by atoms with Crippen LogP contribution in [0.3, 0.4) is 0 Å². The van der Waals surface area contributed by atoms with Gasteiger partial charge in [0.15, 0.2) is 0 Å². The van der Waals surface area contributed by atoms with E-state index in [0.29, 0.717) is 5.92 Å². The van der Waals surface area contributed by atoms with Crippen LogP contribution in [0.1, 0.15) is 19.3 Å². The quantitative estimate of drug-likeness (QED) is 0.404. The Morgan fingerprint density at radius 2 is 1.80 bits per heavy atom. The monoisotopic (exact) mass is 139 g/mol. The SMILES string of the molecule is C=CC(C=C)CCCC[O-]. The first-order chi connectivity index (χ1) is 4.85. The summed E-state index contributed by atoms with van der Waals surface area (Å²) in [5, 5.41) is 10.0. The molecule has 0 aliphatic rings. The second-order valence-corrected chi connectivity index (χ2v) is 2.34. The lowest BCUT2D eigenvalue weighted by Gasteiger charge is -2.07. The van der Waals surface area contributed by atoms with Crippen molar-refractivity contribution in [2.45, 2.75) is 19.3 Å². The van der Waals surface area contributed by atoms with E-state index in [1.165, 1.54) is 0 Å². The van der Waals surface area contributed by atoms with Crippen LogP contribution in [0, 0.1) is 5.92 Å². The summed E-state index contributed by atoms with van der Waals surface area (Å²) in [6, 6.07) is 0. The molecule has 1 nitrogen and oxygen atoms in total. The minimum atomic E-state index is 0.0427. The van der Waals surface area contributed by atoms with Gasteiger partial charge in [-0.3, -0.25) is 0 Å². The van der Waals surface area contributed by atoms with Crippen molar-refractivity contribution in [2.24, 2.45) is 5.92 Å². The number of allylic oxidation sites excluding steroid dienone is 2. The van der Waals surface area contributed by atoms with Crippen LogP contribution < -0.4 is 5.11 Å². The molecule has 0 aromatic carbocycles. The third kappa shape index (κ3) is 4.33. The first-order valence-electron chi connectivity index (χ1n) is 3.68.